The van der Waals surface area contributed by atoms with Gasteiger partial charge in [-0.05, 0) is 31.2 Å². The maximum atomic E-state index is 12.6. The third-order valence-electron chi connectivity index (χ3n) is 5.56. The summed E-state index contributed by atoms with van der Waals surface area (Å²) >= 11 is 0. The number of anilines is 3. The van der Waals surface area contributed by atoms with Gasteiger partial charge in [0.2, 0.25) is 0 Å². The molecule has 2 aliphatic heterocycles. The highest BCUT2D eigenvalue weighted by atomic mass is 19.4. The highest BCUT2D eigenvalue weighted by molar-refractivity contribution is 5.65. The van der Waals surface area contributed by atoms with Crippen molar-refractivity contribution < 1.29 is 17.9 Å². The number of alkyl halides is 3. The summed E-state index contributed by atoms with van der Waals surface area (Å²) in [5, 5.41) is 6.39. The van der Waals surface area contributed by atoms with Gasteiger partial charge in [0.05, 0.1) is 0 Å². The zero-order chi connectivity index (χ0) is 22.2. The van der Waals surface area contributed by atoms with E-state index >= 15 is 0 Å². The van der Waals surface area contributed by atoms with Gasteiger partial charge >= 0.3 is 6.36 Å². The molecular formula is C21H20F3N7O. The van der Waals surface area contributed by atoms with Gasteiger partial charge in [0.1, 0.15) is 23.2 Å². The lowest BCUT2D eigenvalue weighted by molar-refractivity contribution is -0.274. The van der Waals surface area contributed by atoms with Crippen molar-refractivity contribution in [1.29, 1.82) is 0 Å². The predicted molar refractivity (Wildman–Crippen MR) is 112 cm³/mol. The monoisotopic (exact) mass is 443 g/mol. The van der Waals surface area contributed by atoms with E-state index in [4.69, 9.17) is 4.98 Å². The first-order valence-electron chi connectivity index (χ1n) is 10.1. The normalized spacial score (nSPS) is 17.3. The molecule has 0 aromatic carbocycles. The topological polar surface area (TPSA) is 88.1 Å². The first-order chi connectivity index (χ1) is 15.4. The number of hydrogen-bond acceptors (Lipinski definition) is 8. The molecule has 2 N–H and O–H groups in total. The standard InChI is InChI=1S/C21H20F3N7O/c22-21(23,24)32-15-3-6-27-16(8-15)28-17-9-18(31-12-20(13-31)4-7-26-11-20)30-19(29-17)14-2-1-5-25-10-14/h1-3,5-6,8-10,26H,4,7,11-13H2,(H,27,28,29,30). The number of ether oxygens (including phenoxy) is 1. The van der Waals surface area contributed by atoms with Crippen LogP contribution >= 0.6 is 0 Å². The fourth-order valence-electron chi connectivity index (χ4n) is 4.08. The van der Waals surface area contributed by atoms with Crippen LogP contribution in [0, 0.1) is 5.41 Å². The molecule has 0 atom stereocenters. The molecule has 0 saturated carbocycles. The molecule has 0 amide bonds. The summed E-state index contributed by atoms with van der Waals surface area (Å²) < 4.78 is 41.6. The molecule has 11 heteroatoms. The quantitative estimate of drug-likeness (QED) is 0.621. The Kier molecular flexibility index (Phi) is 5.04. The second kappa shape index (κ2) is 7.90. The lowest BCUT2D eigenvalue weighted by atomic mass is 9.79. The minimum absolute atomic E-state index is 0.175. The largest absolute Gasteiger partial charge is 0.573 e. The minimum atomic E-state index is -4.78. The van der Waals surface area contributed by atoms with Gasteiger partial charge in [-0.2, -0.15) is 0 Å². The van der Waals surface area contributed by atoms with Crippen LogP contribution in [0.5, 0.6) is 5.75 Å². The Morgan fingerprint density at radius 3 is 2.69 bits per heavy atom. The van der Waals surface area contributed by atoms with Crippen molar-refractivity contribution in [1.82, 2.24) is 25.3 Å². The van der Waals surface area contributed by atoms with E-state index in [0.717, 1.165) is 50.0 Å². The maximum Gasteiger partial charge on any atom is 0.573 e. The number of halogens is 3. The van der Waals surface area contributed by atoms with Crippen LogP contribution in [0.25, 0.3) is 11.4 Å². The van der Waals surface area contributed by atoms with Crippen LogP contribution in [0.15, 0.2) is 48.9 Å². The molecule has 0 bridgehead atoms. The second-order valence-corrected chi connectivity index (χ2v) is 8.01. The summed E-state index contributed by atoms with van der Waals surface area (Å²) in [6.07, 6.45) is 0.911. The molecule has 0 aliphatic carbocycles. The smallest absolute Gasteiger partial charge is 0.406 e. The molecule has 166 valence electrons. The van der Waals surface area contributed by atoms with Crippen molar-refractivity contribution in [2.24, 2.45) is 5.41 Å². The van der Waals surface area contributed by atoms with E-state index < -0.39 is 6.36 Å². The van der Waals surface area contributed by atoms with Crippen molar-refractivity contribution in [3.05, 3.63) is 48.9 Å². The molecule has 32 heavy (non-hydrogen) atoms. The fraction of sp³-hybridized carbons (Fsp3) is 0.333. The van der Waals surface area contributed by atoms with Crippen LogP contribution in [0.4, 0.5) is 30.6 Å². The summed E-state index contributed by atoms with van der Waals surface area (Å²) in [4.78, 5) is 19.6. The van der Waals surface area contributed by atoms with E-state index in [1.54, 1.807) is 24.5 Å². The Hall–Kier alpha value is -3.47. The first-order valence-corrected chi connectivity index (χ1v) is 10.1. The lowest BCUT2D eigenvalue weighted by Gasteiger charge is -2.48. The average Bonchev–Trinajstić information content (AvgIpc) is 3.23. The van der Waals surface area contributed by atoms with Crippen molar-refractivity contribution in [3.8, 4) is 17.1 Å². The van der Waals surface area contributed by atoms with Gasteiger partial charge in [-0.15, -0.1) is 13.2 Å². The van der Waals surface area contributed by atoms with Crippen molar-refractivity contribution in [3.63, 3.8) is 0 Å². The summed E-state index contributed by atoms with van der Waals surface area (Å²) in [6.45, 7) is 3.78. The number of aromatic nitrogens is 4. The minimum Gasteiger partial charge on any atom is -0.406 e. The molecule has 3 aromatic heterocycles. The molecule has 2 fully saturated rings. The van der Waals surface area contributed by atoms with Gasteiger partial charge < -0.3 is 20.3 Å². The fourth-order valence-corrected chi connectivity index (χ4v) is 4.08. The first kappa shape index (κ1) is 20.4. The Balaban J connectivity index is 1.43. The van der Waals surface area contributed by atoms with Crippen LogP contribution in [-0.2, 0) is 0 Å². The van der Waals surface area contributed by atoms with Gasteiger partial charge in [0.15, 0.2) is 5.82 Å². The molecule has 5 heterocycles. The van der Waals surface area contributed by atoms with Crippen LogP contribution < -0.4 is 20.3 Å². The molecule has 0 radical (unpaired) electrons. The summed E-state index contributed by atoms with van der Waals surface area (Å²) in [7, 11) is 0. The number of nitrogens with zero attached hydrogens (tertiary/aromatic N) is 5. The van der Waals surface area contributed by atoms with E-state index in [-0.39, 0.29) is 17.0 Å². The third-order valence-corrected chi connectivity index (χ3v) is 5.56. The van der Waals surface area contributed by atoms with Gasteiger partial charge in [-0.3, -0.25) is 4.98 Å². The molecular weight excluding hydrogens is 423 g/mol. The van der Waals surface area contributed by atoms with Gasteiger partial charge in [0, 0.05) is 61.3 Å². The van der Waals surface area contributed by atoms with Crippen LogP contribution in [0.3, 0.4) is 0 Å². The van der Waals surface area contributed by atoms with Crippen molar-refractivity contribution >= 4 is 17.5 Å². The van der Waals surface area contributed by atoms with Crippen LogP contribution in [0.1, 0.15) is 6.42 Å². The van der Waals surface area contributed by atoms with E-state index in [1.165, 1.54) is 12.3 Å². The van der Waals surface area contributed by atoms with Gasteiger partial charge in [-0.1, -0.05) is 0 Å². The van der Waals surface area contributed by atoms with Crippen molar-refractivity contribution in [2.45, 2.75) is 12.8 Å². The van der Waals surface area contributed by atoms with Crippen LogP contribution in [0.2, 0.25) is 0 Å². The van der Waals surface area contributed by atoms with E-state index in [0.29, 0.717) is 11.6 Å². The summed E-state index contributed by atoms with van der Waals surface area (Å²) in [6, 6.07) is 7.72. The van der Waals surface area contributed by atoms with Gasteiger partial charge in [0.25, 0.3) is 0 Å². The highest BCUT2D eigenvalue weighted by Crippen LogP contribution is 2.39. The Labute approximate surface area is 181 Å². The third kappa shape index (κ3) is 4.42. The number of rotatable bonds is 5. The number of pyridine rings is 2. The molecule has 1 spiro atoms. The summed E-state index contributed by atoms with van der Waals surface area (Å²) in [5.41, 5.74) is 1.01. The molecule has 2 saturated heterocycles. The lowest BCUT2D eigenvalue weighted by Crippen LogP contribution is -2.57. The highest BCUT2D eigenvalue weighted by Gasteiger charge is 2.45. The average molecular weight is 443 g/mol. The zero-order valence-electron chi connectivity index (χ0n) is 16.9. The summed E-state index contributed by atoms with van der Waals surface area (Å²) in [5.74, 6) is 1.42. The van der Waals surface area contributed by atoms with E-state index in [2.05, 4.69) is 35.2 Å². The molecule has 3 aromatic rings. The van der Waals surface area contributed by atoms with E-state index in [9.17, 15) is 13.2 Å². The number of nitrogens with one attached hydrogen (secondary N) is 2. The number of hydrogen-bond donors (Lipinski definition) is 2. The SMILES string of the molecule is FC(F)(F)Oc1ccnc(Nc2cc(N3CC4(CCNC4)C3)nc(-c3cccnc3)n2)c1. The molecule has 5 rings (SSSR count). The Morgan fingerprint density at radius 1 is 1.09 bits per heavy atom. The second-order valence-electron chi connectivity index (χ2n) is 8.01. The van der Waals surface area contributed by atoms with Gasteiger partial charge in [-0.25, -0.2) is 15.0 Å². The van der Waals surface area contributed by atoms with Crippen LogP contribution in [-0.4, -0.2) is 52.5 Å². The molecule has 0 unspecified atom stereocenters. The van der Waals surface area contributed by atoms with Crippen molar-refractivity contribution in [2.75, 3.05) is 36.4 Å². The Bertz CT molecular complexity index is 1100. The maximum absolute atomic E-state index is 12.6. The van der Waals surface area contributed by atoms with E-state index in [1.807, 2.05) is 6.07 Å². The molecule has 2 aliphatic rings. The Morgan fingerprint density at radius 2 is 1.97 bits per heavy atom. The zero-order valence-corrected chi connectivity index (χ0v) is 16.9. The predicted octanol–water partition coefficient (Wildman–Crippen LogP) is 3.38. The molecule has 8 nitrogen and oxygen atoms in total.